The molecule has 0 radical (unpaired) electrons. The molecule has 1 saturated carbocycles. The third-order valence-corrected chi connectivity index (χ3v) is 6.82. The molecule has 1 saturated heterocycles. The van der Waals surface area contributed by atoms with Crippen LogP contribution in [0.1, 0.15) is 78.9 Å². The fourth-order valence-electron chi connectivity index (χ4n) is 4.61. The Balaban J connectivity index is 1.47. The number of rotatable bonds is 5. The number of likely N-dealkylation sites (tertiary alicyclic amines) is 1. The van der Waals surface area contributed by atoms with E-state index in [1.165, 1.54) is 6.07 Å². The lowest BCUT2D eigenvalue weighted by Gasteiger charge is -2.27. The van der Waals surface area contributed by atoms with Crippen LogP contribution in [0, 0.1) is 5.82 Å². The van der Waals surface area contributed by atoms with Crippen LogP contribution in [0.15, 0.2) is 30.3 Å². The number of carbonyl (C=O) groups is 2. The predicted octanol–water partition coefficient (Wildman–Crippen LogP) is 4.39. The van der Waals surface area contributed by atoms with Crippen molar-refractivity contribution in [2.24, 2.45) is 0 Å². The third kappa shape index (κ3) is 4.41. The van der Waals surface area contributed by atoms with Gasteiger partial charge in [0.25, 0.3) is 11.8 Å². The fraction of sp³-hybridized carbons (Fsp3) is 0.462. The molecule has 1 aromatic carbocycles. The zero-order valence-electron chi connectivity index (χ0n) is 19.7. The van der Waals surface area contributed by atoms with Gasteiger partial charge in [-0.1, -0.05) is 19.8 Å². The zero-order valence-corrected chi connectivity index (χ0v) is 19.7. The number of benzene rings is 1. The van der Waals surface area contributed by atoms with E-state index in [-0.39, 0.29) is 23.9 Å². The van der Waals surface area contributed by atoms with E-state index in [2.05, 4.69) is 22.3 Å². The molecule has 0 spiro atoms. The number of aromatic nitrogens is 3. The molecule has 2 aromatic heterocycles. The maximum atomic E-state index is 15.0. The van der Waals surface area contributed by atoms with Crippen molar-refractivity contribution in [3.63, 3.8) is 0 Å². The van der Waals surface area contributed by atoms with E-state index >= 15 is 0 Å². The first-order valence-electron chi connectivity index (χ1n) is 12.3. The maximum absolute atomic E-state index is 15.0. The largest absolute Gasteiger partial charge is 0.349 e. The lowest BCUT2D eigenvalue weighted by Crippen LogP contribution is -2.38. The molecule has 1 aliphatic carbocycles. The minimum Gasteiger partial charge on any atom is -0.349 e. The van der Waals surface area contributed by atoms with Crippen LogP contribution < -0.4 is 5.32 Å². The van der Waals surface area contributed by atoms with Crippen LogP contribution in [0.5, 0.6) is 0 Å². The molecular weight excluding hydrogens is 433 g/mol. The molecule has 1 aliphatic heterocycles. The highest BCUT2D eigenvalue weighted by atomic mass is 19.1. The van der Waals surface area contributed by atoms with Gasteiger partial charge in [-0.2, -0.15) is 5.10 Å². The van der Waals surface area contributed by atoms with Crippen molar-refractivity contribution >= 4 is 17.5 Å². The van der Waals surface area contributed by atoms with Crippen LogP contribution >= 0.6 is 0 Å². The van der Waals surface area contributed by atoms with E-state index in [1.54, 1.807) is 28.8 Å². The fourth-order valence-corrected chi connectivity index (χ4v) is 4.61. The molecule has 178 valence electrons. The number of halogens is 1. The van der Waals surface area contributed by atoms with Gasteiger partial charge in [0.05, 0.1) is 5.69 Å². The van der Waals surface area contributed by atoms with Crippen molar-refractivity contribution < 1.29 is 14.0 Å². The van der Waals surface area contributed by atoms with E-state index in [4.69, 9.17) is 0 Å². The second-order valence-electron chi connectivity index (χ2n) is 9.43. The highest BCUT2D eigenvalue weighted by molar-refractivity contribution is 5.95. The number of hydrogen-bond acceptors (Lipinski definition) is 4. The number of aryl methyl sites for hydroxylation is 1. The first-order chi connectivity index (χ1) is 16.4. The molecule has 7 nitrogen and oxygen atoms in total. The topological polar surface area (TPSA) is 79.6 Å². The molecule has 8 heteroatoms. The number of amides is 2. The lowest BCUT2D eigenvalue weighted by molar-refractivity contribution is 0.0691. The van der Waals surface area contributed by atoms with Gasteiger partial charge in [0.15, 0.2) is 5.65 Å². The number of carbonyl (C=O) groups excluding carboxylic acids is 2. The molecule has 5 rings (SSSR count). The van der Waals surface area contributed by atoms with Crippen LogP contribution in [0.3, 0.4) is 0 Å². The summed E-state index contributed by atoms with van der Waals surface area (Å²) < 4.78 is 16.7. The van der Waals surface area contributed by atoms with Gasteiger partial charge in [0.2, 0.25) is 0 Å². The van der Waals surface area contributed by atoms with E-state index < -0.39 is 5.82 Å². The summed E-state index contributed by atoms with van der Waals surface area (Å²) in [5.74, 6) is -0.838. The molecule has 34 heavy (non-hydrogen) atoms. The number of hydrogen-bond donors (Lipinski definition) is 1. The minimum absolute atomic E-state index is 0.0634. The minimum atomic E-state index is -0.514. The molecule has 3 heterocycles. The Labute approximate surface area is 198 Å². The highest BCUT2D eigenvalue weighted by Gasteiger charge is 2.26. The first-order valence-corrected chi connectivity index (χ1v) is 12.3. The van der Waals surface area contributed by atoms with Crippen LogP contribution in [0.2, 0.25) is 0 Å². The zero-order chi connectivity index (χ0) is 23.8. The van der Waals surface area contributed by atoms with Crippen molar-refractivity contribution in [3.05, 3.63) is 53.1 Å². The Morgan fingerprint density at radius 2 is 1.94 bits per heavy atom. The van der Waals surface area contributed by atoms with Crippen LogP contribution in [0.4, 0.5) is 4.39 Å². The van der Waals surface area contributed by atoms with E-state index in [0.29, 0.717) is 34.6 Å². The molecule has 2 amide bonds. The summed E-state index contributed by atoms with van der Waals surface area (Å²) in [6.45, 7) is 4.83. The van der Waals surface area contributed by atoms with Crippen molar-refractivity contribution in [1.29, 1.82) is 0 Å². The summed E-state index contributed by atoms with van der Waals surface area (Å²) in [5.41, 5.74) is 2.75. The van der Waals surface area contributed by atoms with E-state index in [9.17, 15) is 14.0 Å². The standard InChI is InChI=1S/C26H30FN5O2/c1-3-19-14-23(26(34)31-12-6-4-5-7-16(31)2)29-24-15-22(30-32(19)24)20-11-8-17(13-21(20)27)25(33)28-18-9-10-18/h8,11,13-16,18H,3-7,9-10,12H2,1-2H3,(H,28,33). The molecular formula is C26H30FN5O2. The molecule has 3 aromatic rings. The monoisotopic (exact) mass is 463 g/mol. The number of fused-ring (bicyclic) bond motifs is 1. The van der Waals surface area contributed by atoms with Gasteiger partial charge in [-0.05, 0) is 63.3 Å². The smallest absolute Gasteiger partial charge is 0.272 e. The summed E-state index contributed by atoms with van der Waals surface area (Å²) >= 11 is 0. The van der Waals surface area contributed by atoms with Crippen molar-refractivity contribution in [1.82, 2.24) is 24.8 Å². The first kappa shape index (κ1) is 22.5. The summed E-state index contributed by atoms with van der Waals surface area (Å²) in [6.07, 6.45) is 6.88. The second-order valence-corrected chi connectivity index (χ2v) is 9.43. The normalized spacial score (nSPS) is 18.7. The Bertz CT molecular complexity index is 1250. The molecule has 2 aliphatic rings. The summed E-state index contributed by atoms with van der Waals surface area (Å²) in [6, 6.07) is 8.33. The van der Waals surface area contributed by atoms with Crippen LogP contribution in [-0.4, -0.2) is 49.9 Å². The van der Waals surface area contributed by atoms with Gasteiger partial charge in [-0.15, -0.1) is 0 Å². The molecule has 0 bridgehead atoms. The average molecular weight is 464 g/mol. The molecule has 1 atom stereocenters. The van der Waals surface area contributed by atoms with Gasteiger partial charge in [-0.25, -0.2) is 13.9 Å². The third-order valence-electron chi connectivity index (χ3n) is 6.82. The van der Waals surface area contributed by atoms with Crippen molar-refractivity contribution in [3.8, 4) is 11.3 Å². The van der Waals surface area contributed by atoms with Crippen LogP contribution in [-0.2, 0) is 6.42 Å². The summed E-state index contributed by atoms with van der Waals surface area (Å²) in [7, 11) is 0. The van der Waals surface area contributed by atoms with E-state index in [0.717, 1.165) is 50.8 Å². The van der Waals surface area contributed by atoms with Gasteiger partial charge in [0, 0.05) is 41.5 Å². The van der Waals surface area contributed by atoms with Crippen LogP contribution in [0.25, 0.3) is 16.9 Å². The Kier molecular flexibility index (Phi) is 6.06. The van der Waals surface area contributed by atoms with Gasteiger partial charge >= 0.3 is 0 Å². The van der Waals surface area contributed by atoms with Crippen molar-refractivity contribution in [2.45, 2.75) is 70.9 Å². The van der Waals surface area contributed by atoms with Gasteiger partial charge in [0.1, 0.15) is 11.5 Å². The Morgan fingerprint density at radius 1 is 1.12 bits per heavy atom. The number of nitrogens with one attached hydrogen (secondary N) is 1. The maximum Gasteiger partial charge on any atom is 0.272 e. The quantitative estimate of drug-likeness (QED) is 0.609. The Morgan fingerprint density at radius 3 is 2.68 bits per heavy atom. The predicted molar refractivity (Wildman–Crippen MR) is 127 cm³/mol. The molecule has 1 unspecified atom stereocenters. The summed E-state index contributed by atoms with van der Waals surface area (Å²) in [5, 5.41) is 7.45. The van der Waals surface area contributed by atoms with Crippen molar-refractivity contribution in [2.75, 3.05) is 6.54 Å². The lowest BCUT2D eigenvalue weighted by atomic mass is 10.1. The molecule has 1 N–H and O–H groups in total. The second kappa shape index (κ2) is 9.16. The van der Waals surface area contributed by atoms with Gasteiger partial charge < -0.3 is 10.2 Å². The molecule has 2 fully saturated rings. The Hall–Kier alpha value is -3.29. The van der Waals surface area contributed by atoms with E-state index in [1.807, 2.05) is 11.8 Å². The SMILES string of the molecule is CCc1cc(C(=O)N2CCCCCC2C)nc2cc(-c3ccc(C(=O)NC4CC4)cc3F)nn12. The number of nitrogens with zero attached hydrogens (tertiary/aromatic N) is 4. The summed E-state index contributed by atoms with van der Waals surface area (Å²) in [4.78, 5) is 32.1. The highest BCUT2D eigenvalue weighted by Crippen LogP contribution is 2.26. The van der Waals surface area contributed by atoms with Gasteiger partial charge in [-0.3, -0.25) is 9.59 Å². The average Bonchev–Trinajstić information content (AvgIpc) is 3.58.